The fourth-order valence-corrected chi connectivity index (χ4v) is 2.74. The Kier molecular flexibility index (Phi) is 6.51. The van der Waals surface area contributed by atoms with Gasteiger partial charge in [-0.2, -0.15) is 11.3 Å². The van der Waals surface area contributed by atoms with Gasteiger partial charge in [0.2, 0.25) is 5.91 Å². The van der Waals surface area contributed by atoms with Crippen molar-refractivity contribution in [2.75, 3.05) is 6.54 Å². The van der Waals surface area contributed by atoms with Gasteiger partial charge in [0, 0.05) is 30.3 Å². The molecule has 126 valence electrons. The summed E-state index contributed by atoms with van der Waals surface area (Å²) in [6.45, 7) is 0.151. The van der Waals surface area contributed by atoms with Crippen molar-refractivity contribution >= 4 is 29.1 Å². The third-order valence-corrected chi connectivity index (χ3v) is 4.02. The molecule has 1 heterocycles. The Bertz CT molecular complexity index is 686. The number of hydrogen-bond acceptors (Lipinski definition) is 4. The second kappa shape index (κ2) is 8.83. The van der Waals surface area contributed by atoms with E-state index in [1.807, 2.05) is 30.3 Å². The van der Waals surface area contributed by atoms with Gasteiger partial charge in [0.15, 0.2) is 0 Å². The van der Waals surface area contributed by atoms with E-state index in [2.05, 4.69) is 10.6 Å². The van der Waals surface area contributed by atoms with Gasteiger partial charge in [-0.25, -0.2) is 4.79 Å². The molecule has 1 aromatic carbocycles. The van der Waals surface area contributed by atoms with Gasteiger partial charge in [-0.1, -0.05) is 30.3 Å². The van der Waals surface area contributed by atoms with Crippen LogP contribution in [-0.4, -0.2) is 35.5 Å². The van der Waals surface area contributed by atoms with Crippen molar-refractivity contribution in [3.63, 3.8) is 0 Å². The molecule has 0 saturated carbocycles. The molecule has 0 aliphatic heterocycles. The van der Waals surface area contributed by atoms with Crippen LogP contribution in [-0.2, 0) is 16.0 Å². The summed E-state index contributed by atoms with van der Waals surface area (Å²) in [5.41, 5.74) is 1.38. The molecule has 7 heteroatoms. The molecule has 0 radical (unpaired) electrons. The summed E-state index contributed by atoms with van der Waals surface area (Å²) in [5.74, 6) is -1.75. The number of carbonyl (C=O) groups is 3. The van der Waals surface area contributed by atoms with Gasteiger partial charge in [0.1, 0.15) is 6.04 Å². The van der Waals surface area contributed by atoms with Crippen LogP contribution in [0.4, 0.5) is 0 Å². The second-order valence-electron chi connectivity index (χ2n) is 5.17. The third kappa shape index (κ3) is 5.51. The van der Waals surface area contributed by atoms with E-state index in [1.165, 1.54) is 11.3 Å². The van der Waals surface area contributed by atoms with Crippen LogP contribution < -0.4 is 10.6 Å². The number of carboxylic acid groups (broad SMARTS) is 1. The number of rotatable bonds is 8. The molecule has 0 spiro atoms. The van der Waals surface area contributed by atoms with Crippen LogP contribution in [0, 0.1) is 0 Å². The maximum Gasteiger partial charge on any atom is 0.326 e. The third-order valence-electron chi connectivity index (χ3n) is 3.34. The van der Waals surface area contributed by atoms with Crippen LogP contribution in [0.15, 0.2) is 47.2 Å². The average molecular weight is 346 g/mol. The van der Waals surface area contributed by atoms with E-state index >= 15 is 0 Å². The van der Waals surface area contributed by atoms with Gasteiger partial charge in [-0.15, -0.1) is 0 Å². The molecule has 2 aromatic rings. The summed E-state index contributed by atoms with van der Waals surface area (Å²) < 4.78 is 0. The van der Waals surface area contributed by atoms with Gasteiger partial charge in [0.05, 0.1) is 0 Å². The number of thiophene rings is 1. The molecule has 3 N–H and O–H groups in total. The van der Waals surface area contributed by atoms with Crippen molar-refractivity contribution in [2.24, 2.45) is 0 Å². The minimum atomic E-state index is -1.09. The molecule has 0 bridgehead atoms. The van der Waals surface area contributed by atoms with Gasteiger partial charge in [0.25, 0.3) is 5.91 Å². The van der Waals surface area contributed by atoms with Gasteiger partial charge >= 0.3 is 5.97 Å². The lowest BCUT2D eigenvalue weighted by Crippen LogP contribution is -2.43. The summed E-state index contributed by atoms with van der Waals surface area (Å²) in [7, 11) is 0. The molecule has 0 unspecified atom stereocenters. The summed E-state index contributed by atoms with van der Waals surface area (Å²) in [6, 6.07) is 9.79. The Labute approximate surface area is 143 Å². The van der Waals surface area contributed by atoms with Crippen LogP contribution in [0.3, 0.4) is 0 Å². The van der Waals surface area contributed by atoms with E-state index in [-0.39, 0.29) is 25.3 Å². The smallest absolute Gasteiger partial charge is 0.326 e. The number of benzene rings is 1. The topological polar surface area (TPSA) is 95.5 Å². The molecule has 1 aromatic heterocycles. The van der Waals surface area contributed by atoms with Crippen LogP contribution in [0.25, 0.3) is 0 Å². The molecule has 24 heavy (non-hydrogen) atoms. The maximum atomic E-state index is 11.9. The lowest BCUT2D eigenvalue weighted by Gasteiger charge is -2.14. The van der Waals surface area contributed by atoms with Crippen LogP contribution in [0.5, 0.6) is 0 Å². The fraction of sp³-hybridized carbons (Fsp3) is 0.235. The summed E-state index contributed by atoms with van der Waals surface area (Å²) in [4.78, 5) is 34.9. The lowest BCUT2D eigenvalue weighted by molar-refractivity contribution is -0.141. The fourth-order valence-electron chi connectivity index (χ4n) is 2.10. The molecule has 6 nitrogen and oxygen atoms in total. The first kappa shape index (κ1) is 17.7. The number of carboxylic acids is 1. The van der Waals surface area contributed by atoms with Crippen molar-refractivity contribution in [1.29, 1.82) is 0 Å². The Morgan fingerprint density at radius 2 is 1.88 bits per heavy atom. The normalized spacial score (nSPS) is 11.5. The minimum absolute atomic E-state index is 0.0223. The predicted octanol–water partition coefficient (Wildman–Crippen LogP) is 1.68. The summed E-state index contributed by atoms with van der Waals surface area (Å²) in [6.07, 6.45) is 0.234. The first-order valence-electron chi connectivity index (χ1n) is 7.43. The molecule has 1 atom stereocenters. The van der Waals surface area contributed by atoms with Crippen molar-refractivity contribution in [3.05, 3.63) is 58.3 Å². The zero-order valence-electron chi connectivity index (χ0n) is 12.9. The maximum absolute atomic E-state index is 11.9. The van der Waals surface area contributed by atoms with Gasteiger partial charge in [-0.05, 0) is 17.0 Å². The largest absolute Gasteiger partial charge is 0.480 e. The zero-order chi connectivity index (χ0) is 17.4. The quantitative estimate of drug-likeness (QED) is 0.678. The van der Waals surface area contributed by atoms with Crippen molar-refractivity contribution in [2.45, 2.75) is 18.9 Å². The highest BCUT2D eigenvalue weighted by molar-refractivity contribution is 7.08. The molecule has 0 aliphatic rings. The van der Waals surface area contributed by atoms with Crippen molar-refractivity contribution < 1.29 is 19.5 Å². The van der Waals surface area contributed by atoms with Crippen LogP contribution >= 0.6 is 11.3 Å². The molecule has 2 amide bonds. The van der Waals surface area contributed by atoms with E-state index in [4.69, 9.17) is 0 Å². The molecule has 0 fully saturated rings. The highest BCUT2D eigenvalue weighted by Gasteiger charge is 2.20. The minimum Gasteiger partial charge on any atom is -0.480 e. The Balaban J connectivity index is 1.78. The molecule has 2 rings (SSSR count). The SMILES string of the molecule is O=C(CCNC(=O)c1ccsc1)N[C@@H](Cc1ccccc1)C(=O)O. The number of carbonyl (C=O) groups excluding carboxylic acids is 2. The van der Waals surface area contributed by atoms with Crippen LogP contribution in [0.1, 0.15) is 22.3 Å². The first-order valence-corrected chi connectivity index (χ1v) is 8.37. The van der Waals surface area contributed by atoms with E-state index in [0.29, 0.717) is 5.56 Å². The van der Waals surface area contributed by atoms with Crippen LogP contribution in [0.2, 0.25) is 0 Å². The summed E-state index contributed by atoms with van der Waals surface area (Å²) in [5, 5.41) is 17.9. The Hall–Kier alpha value is -2.67. The molecular formula is C17H18N2O4S. The zero-order valence-corrected chi connectivity index (χ0v) is 13.7. The van der Waals surface area contributed by atoms with E-state index < -0.39 is 17.9 Å². The Morgan fingerprint density at radius 1 is 1.12 bits per heavy atom. The molecule has 0 aliphatic carbocycles. The standard InChI is InChI=1S/C17H18N2O4S/c20-15(6-8-18-16(21)13-7-9-24-11-13)19-14(17(22)23)10-12-4-2-1-3-5-12/h1-5,7,9,11,14H,6,8,10H2,(H,18,21)(H,19,20)(H,22,23)/t14-/m0/s1. The van der Waals surface area contributed by atoms with Crippen molar-refractivity contribution in [1.82, 2.24) is 10.6 Å². The molecular weight excluding hydrogens is 328 g/mol. The number of aliphatic carboxylic acids is 1. The number of nitrogens with one attached hydrogen (secondary N) is 2. The van der Waals surface area contributed by atoms with Gasteiger partial charge < -0.3 is 15.7 Å². The first-order chi connectivity index (χ1) is 11.6. The predicted molar refractivity (Wildman–Crippen MR) is 91.0 cm³/mol. The number of amides is 2. The summed E-state index contributed by atoms with van der Waals surface area (Å²) >= 11 is 1.41. The van der Waals surface area contributed by atoms with Crippen molar-refractivity contribution in [3.8, 4) is 0 Å². The Morgan fingerprint density at radius 3 is 2.50 bits per heavy atom. The number of hydrogen-bond donors (Lipinski definition) is 3. The van der Waals surface area contributed by atoms with E-state index in [1.54, 1.807) is 16.8 Å². The highest BCUT2D eigenvalue weighted by Crippen LogP contribution is 2.05. The second-order valence-corrected chi connectivity index (χ2v) is 5.95. The monoisotopic (exact) mass is 346 g/mol. The highest BCUT2D eigenvalue weighted by atomic mass is 32.1. The van der Waals surface area contributed by atoms with E-state index in [0.717, 1.165) is 5.56 Å². The lowest BCUT2D eigenvalue weighted by atomic mass is 10.1. The van der Waals surface area contributed by atoms with E-state index in [9.17, 15) is 19.5 Å². The van der Waals surface area contributed by atoms with Gasteiger partial charge in [-0.3, -0.25) is 9.59 Å². The molecule has 0 saturated heterocycles. The average Bonchev–Trinajstić information content (AvgIpc) is 3.09.